The molecule has 0 saturated carbocycles. The van der Waals surface area contributed by atoms with E-state index in [1.807, 2.05) is 31.2 Å². The highest BCUT2D eigenvalue weighted by Gasteiger charge is 2.20. The van der Waals surface area contributed by atoms with Crippen LogP contribution in [0.1, 0.15) is 15.9 Å². The molecule has 134 valence electrons. The number of rotatable bonds is 6. The van der Waals surface area contributed by atoms with Gasteiger partial charge < -0.3 is 9.47 Å². The van der Waals surface area contributed by atoms with Crippen molar-refractivity contribution in [3.05, 3.63) is 65.5 Å². The van der Waals surface area contributed by atoms with E-state index in [-0.39, 0.29) is 18.2 Å². The van der Waals surface area contributed by atoms with Crippen molar-refractivity contribution in [3.63, 3.8) is 0 Å². The van der Waals surface area contributed by atoms with Crippen molar-refractivity contribution >= 4 is 5.91 Å². The van der Waals surface area contributed by atoms with E-state index in [0.29, 0.717) is 18.0 Å². The minimum Gasteiger partial charge on any atom is -0.460 e. The maximum Gasteiger partial charge on any atom is 0.336 e. The lowest BCUT2D eigenvalue weighted by atomic mass is 10.1. The van der Waals surface area contributed by atoms with Crippen molar-refractivity contribution in [1.82, 2.24) is 14.8 Å². The SMILES string of the molecule is COCCOc1nc(-c2ccc(C)cc2)n(C(=O)c2cccc(F)c2)n1. The Kier molecular flexibility index (Phi) is 5.38. The summed E-state index contributed by atoms with van der Waals surface area (Å²) in [5.41, 5.74) is 1.95. The number of halogens is 1. The van der Waals surface area contributed by atoms with Crippen LogP contribution in [-0.2, 0) is 4.74 Å². The minimum absolute atomic E-state index is 0.0578. The highest BCUT2D eigenvalue weighted by molar-refractivity contribution is 5.97. The number of aromatic nitrogens is 3. The van der Waals surface area contributed by atoms with Gasteiger partial charge in [0.15, 0.2) is 5.82 Å². The first-order chi connectivity index (χ1) is 12.6. The zero-order valence-electron chi connectivity index (χ0n) is 14.5. The number of benzene rings is 2. The Morgan fingerprint density at radius 1 is 1.15 bits per heavy atom. The molecule has 26 heavy (non-hydrogen) atoms. The molecule has 0 N–H and O–H groups in total. The molecule has 0 aliphatic rings. The summed E-state index contributed by atoms with van der Waals surface area (Å²) in [6, 6.07) is 13.0. The maximum atomic E-state index is 13.5. The normalized spacial score (nSPS) is 10.7. The van der Waals surface area contributed by atoms with Gasteiger partial charge in [0.05, 0.1) is 6.61 Å². The van der Waals surface area contributed by atoms with E-state index in [0.717, 1.165) is 16.3 Å². The molecule has 3 rings (SSSR count). The molecular weight excluding hydrogens is 337 g/mol. The van der Waals surface area contributed by atoms with Crippen LogP contribution in [-0.4, -0.2) is 41.0 Å². The highest BCUT2D eigenvalue weighted by Crippen LogP contribution is 2.22. The number of hydrogen-bond acceptors (Lipinski definition) is 5. The molecular formula is C19H18FN3O3. The largest absolute Gasteiger partial charge is 0.460 e. The van der Waals surface area contributed by atoms with E-state index in [1.165, 1.54) is 18.2 Å². The number of ether oxygens (including phenoxy) is 2. The molecule has 1 aromatic heterocycles. The number of aryl methyl sites for hydroxylation is 1. The molecule has 0 radical (unpaired) electrons. The Morgan fingerprint density at radius 3 is 2.62 bits per heavy atom. The Hall–Kier alpha value is -3.06. The van der Waals surface area contributed by atoms with Gasteiger partial charge in [-0.2, -0.15) is 9.67 Å². The van der Waals surface area contributed by atoms with Crippen LogP contribution in [0.4, 0.5) is 4.39 Å². The molecule has 1 heterocycles. The van der Waals surface area contributed by atoms with Gasteiger partial charge in [-0.25, -0.2) is 4.39 Å². The van der Waals surface area contributed by atoms with Gasteiger partial charge in [-0.15, -0.1) is 5.10 Å². The summed E-state index contributed by atoms with van der Waals surface area (Å²) in [6.45, 7) is 2.58. The summed E-state index contributed by atoms with van der Waals surface area (Å²) >= 11 is 0. The van der Waals surface area contributed by atoms with Crippen molar-refractivity contribution in [2.45, 2.75) is 6.92 Å². The molecule has 2 aromatic carbocycles. The second-order valence-electron chi connectivity index (χ2n) is 5.65. The van der Waals surface area contributed by atoms with E-state index >= 15 is 0 Å². The van der Waals surface area contributed by atoms with Crippen molar-refractivity contribution in [3.8, 4) is 17.4 Å². The molecule has 0 fully saturated rings. The molecule has 0 unspecified atom stereocenters. The van der Waals surface area contributed by atoms with Gasteiger partial charge in [0.1, 0.15) is 12.4 Å². The fourth-order valence-electron chi connectivity index (χ4n) is 2.35. The molecule has 0 atom stereocenters. The lowest BCUT2D eigenvalue weighted by molar-refractivity contribution is 0.0942. The summed E-state index contributed by atoms with van der Waals surface area (Å²) in [5.74, 6) is -0.662. The third-order valence-corrected chi connectivity index (χ3v) is 3.68. The first-order valence-electron chi connectivity index (χ1n) is 8.04. The van der Waals surface area contributed by atoms with Crippen LogP contribution in [0.5, 0.6) is 6.01 Å². The summed E-state index contributed by atoms with van der Waals surface area (Å²) in [4.78, 5) is 17.1. The summed E-state index contributed by atoms with van der Waals surface area (Å²) in [6.07, 6.45) is 0. The van der Waals surface area contributed by atoms with E-state index in [9.17, 15) is 9.18 Å². The summed E-state index contributed by atoms with van der Waals surface area (Å²) in [5, 5.41) is 4.14. The molecule has 0 amide bonds. The second kappa shape index (κ2) is 7.88. The first kappa shape index (κ1) is 17.8. The van der Waals surface area contributed by atoms with E-state index in [4.69, 9.17) is 9.47 Å². The molecule has 0 saturated heterocycles. The topological polar surface area (TPSA) is 66.2 Å². The van der Waals surface area contributed by atoms with Crippen LogP contribution in [0.15, 0.2) is 48.5 Å². The Bertz CT molecular complexity index is 907. The van der Waals surface area contributed by atoms with Gasteiger partial charge in [-0.1, -0.05) is 35.9 Å². The van der Waals surface area contributed by atoms with Crippen molar-refractivity contribution < 1.29 is 18.7 Å². The minimum atomic E-state index is -0.496. The molecule has 3 aromatic rings. The lowest BCUT2D eigenvalue weighted by Crippen LogP contribution is -2.15. The van der Waals surface area contributed by atoms with Gasteiger partial charge in [0.2, 0.25) is 0 Å². The fourth-order valence-corrected chi connectivity index (χ4v) is 2.35. The molecule has 0 bridgehead atoms. The van der Waals surface area contributed by atoms with Crippen molar-refractivity contribution in [2.75, 3.05) is 20.3 Å². The smallest absolute Gasteiger partial charge is 0.336 e. The van der Waals surface area contributed by atoms with Crippen molar-refractivity contribution in [2.24, 2.45) is 0 Å². The zero-order chi connectivity index (χ0) is 18.5. The average molecular weight is 355 g/mol. The predicted molar refractivity (Wildman–Crippen MR) is 93.7 cm³/mol. The standard InChI is InChI=1S/C19H18FN3O3/c1-13-6-8-14(9-7-13)17-21-19(26-11-10-25-2)22-23(17)18(24)15-4-3-5-16(20)12-15/h3-9,12H,10-11H2,1-2H3. The van der Waals surface area contributed by atoms with Crippen LogP contribution in [0.25, 0.3) is 11.4 Å². The molecule has 7 heteroatoms. The number of hydrogen-bond donors (Lipinski definition) is 0. The number of methoxy groups -OCH3 is 1. The van der Waals surface area contributed by atoms with E-state index in [2.05, 4.69) is 10.1 Å². The quantitative estimate of drug-likeness (QED) is 0.636. The van der Waals surface area contributed by atoms with Gasteiger partial charge in [0.25, 0.3) is 5.91 Å². The number of carbonyl (C=O) groups is 1. The van der Waals surface area contributed by atoms with Crippen LogP contribution in [0, 0.1) is 12.7 Å². The van der Waals surface area contributed by atoms with Crippen molar-refractivity contribution in [1.29, 1.82) is 0 Å². The average Bonchev–Trinajstić information content (AvgIpc) is 3.06. The van der Waals surface area contributed by atoms with Crippen LogP contribution < -0.4 is 4.74 Å². The Labute approximate surface area is 150 Å². The highest BCUT2D eigenvalue weighted by atomic mass is 19.1. The Morgan fingerprint density at radius 2 is 1.92 bits per heavy atom. The van der Waals surface area contributed by atoms with Gasteiger partial charge >= 0.3 is 6.01 Å². The molecule has 0 aliphatic carbocycles. The zero-order valence-corrected chi connectivity index (χ0v) is 14.5. The van der Waals surface area contributed by atoms with Crippen LogP contribution in [0.2, 0.25) is 0 Å². The van der Waals surface area contributed by atoms with E-state index in [1.54, 1.807) is 7.11 Å². The number of nitrogens with zero attached hydrogens (tertiary/aromatic N) is 3. The van der Waals surface area contributed by atoms with Gasteiger partial charge in [-0.05, 0) is 25.1 Å². The van der Waals surface area contributed by atoms with Crippen LogP contribution in [0.3, 0.4) is 0 Å². The summed E-state index contributed by atoms with van der Waals surface area (Å²) in [7, 11) is 1.56. The fraction of sp³-hybridized carbons (Fsp3) is 0.211. The predicted octanol–water partition coefficient (Wildman–Crippen LogP) is 3.11. The van der Waals surface area contributed by atoms with Gasteiger partial charge in [0, 0.05) is 18.2 Å². The molecule has 0 spiro atoms. The number of carbonyl (C=O) groups excluding carboxylic acids is 1. The molecule has 0 aliphatic heterocycles. The maximum absolute atomic E-state index is 13.5. The third kappa shape index (κ3) is 3.94. The molecule has 6 nitrogen and oxygen atoms in total. The second-order valence-corrected chi connectivity index (χ2v) is 5.65. The summed E-state index contributed by atoms with van der Waals surface area (Å²) < 4.78 is 25.0. The lowest BCUT2D eigenvalue weighted by Gasteiger charge is -2.05. The third-order valence-electron chi connectivity index (χ3n) is 3.68. The monoisotopic (exact) mass is 355 g/mol. The van der Waals surface area contributed by atoms with E-state index < -0.39 is 11.7 Å². The van der Waals surface area contributed by atoms with Gasteiger partial charge in [-0.3, -0.25) is 4.79 Å². The first-order valence-corrected chi connectivity index (χ1v) is 8.04. The van der Waals surface area contributed by atoms with Crippen LogP contribution >= 0.6 is 0 Å². The Balaban J connectivity index is 2.00.